The fourth-order valence-electron chi connectivity index (χ4n) is 2.51. The third kappa shape index (κ3) is 5.01. The number of halogens is 3. The van der Waals surface area contributed by atoms with Gasteiger partial charge in [0.2, 0.25) is 5.91 Å². The Hall–Kier alpha value is -2.49. The first-order valence-corrected chi connectivity index (χ1v) is 7.51. The van der Waals surface area contributed by atoms with Gasteiger partial charge in [-0.3, -0.25) is 9.59 Å². The minimum atomic E-state index is -4.39. The van der Waals surface area contributed by atoms with E-state index in [2.05, 4.69) is 17.2 Å². The third-order valence-corrected chi connectivity index (χ3v) is 3.64. The highest BCUT2D eigenvalue weighted by Gasteiger charge is 2.29. The topological polar surface area (TPSA) is 49.4 Å². The monoisotopic (exact) mass is 338 g/mol. The van der Waals surface area contributed by atoms with E-state index in [1.165, 1.54) is 19.1 Å². The Morgan fingerprint density at radius 2 is 1.92 bits per heavy atom. The van der Waals surface area contributed by atoms with Crippen molar-refractivity contribution in [3.63, 3.8) is 0 Å². The molecular formula is C17H17F3N2O2. The zero-order valence-corrected chi connectivity index (χ0v) is 13.1. The molecule has 1 heterocycles. The normalized spacial score (nSPS) is 17.7. The molecular weight excluding hydrogens is 321 g/mol. The van der Waals surface area contributed by atoms with Crippen molar-refractivity contribution < 1.29 is 22.8 Å². The number of amides is 2. The Labute approximate surface area is 138 Å². The van der Waals surface area contributed by atoms with Gasteiger partial charge < -0.3 is 10.2 Å². The molecule has 1 aliphatic rings. The Morgan fingerprint density at radius 1 is 1.25 bits per heavy atom. The lowest BCUT2D eigenvalue weighted by atomic mass is 10.1. The summed E-state index contributed by atoms with van der Waals surface area (Å²) in [6, 6.07) is 4.25. The SMILES string of the molecule is CC(=O)N[C@@H]1CCCN(C(=O)C#Cc2ccc(C(F)(F)F)cc2)C1. The maximum absolute atomic E-state index is 12.5. The van der Waals surface area contributed by atoms with Crippen molar-refractivity contribution in [2.24, 2.45) is 0 Å². The molecule has 2 rings (SSSR count). The molecule has 0 saturated carbocycles. The minimum absolute atomic E-state index is 0.0898. The largest absolute Gasteiger partial charge is 0.416 e. The summed E-state index contributed by atoms with van der Waals surface area (Å²) in [5, 5.41) is 2.77. The van der Waals surface area contributed by atoms with Gasteiger partial charge in [0.1, 0.15) is 0 Å². The predicted molar refractivity (Wildman–Crippen MR) is 81.7 cm³/mol. The second-order valence-corrected chi connectivity index (χ2v) is 5.62. The highest BCUT2D eigenvalue weighted by molar-refractivity contribution is 5.94. The van der Waals surface area contributed by atoms with Crippen LogP contribution >= 0.6 is 0 Å². The Balaban J connectivity index is 1.99. The van der Waals surface area contributed by atoms with Crippen molar-refractivity contribution in [1.82, 2.24) is 10.2 Å². The zero-order chi connectivity index (χ0) is 17.7. The Bertz CT molecular complexity index is 672. The first kappa shape index (κ1) is 17.9. The number of likely N-dealkylation sites (tertiary alicyclic amines) is 1. The van der Waals surface area contributed by atoms with E-state index < -0.39 is 17.6 Å². The molecule has 1 saturated heterocycles. The summed E-state index contributed by atoms with van der Waals surface area (Å²) < 4.78 is 37.4. The van der Waals surface area contributed by atoms with E-state index in [-0.39, 0.29) is 11.9 Å². The second kappa shape index (κ2) is 7.39. The standard InChI is InChI=1S/C17H17F3N2O2/c1-12(23)21-15-3-2-10-22(11-15)16(24)9-6-13-4-7-14(8-5-13)17(18,19)20/h4-5,7-8,15H,2-3,10-11H2,1H3,(H,21,23)/t15-/m1/s1. The fourth-order valence-corrected chi connectivity index (χ4v) is 2.51. The lowest BCUT2D eigenvalue weighted by molar-refractivity contribution is -0.137. The van der Waals surface area contributed by atoms with Gasteiger partial charge in [-0.2, -0.15) is 13.2 Å². The summed E-state index contributed by atoms with van der Waals surface area (Å²) in [7, 11) is 0. The molecule has 0 spiro atoms. The van der Waals surface area contributed by atoms with E-state index >= 15 is 0 Å². The Morgan fingerprint density at radius 3 is 2.50 bits per heavy atom. The number of carbonyl (C=O) groups excluding carboxylic acids is 2. The van der Waals surface area contributed by atoms with Gasteiger partial charge in [0, 0.05) is 37.5 Å². The van der Waals surface area contributed by atoms with E-state index in [0.717, 1.165) is 25.0 Å². The number of alkyl halides is 3. The minimum Gasteiger partial charge on any atom is -0.352 e. The second-order valence-electron chi connectivity index (χ2n) is 5.62. The summed E-state index contributed by atoms with van der Waals surface area (Å²) >= 11 is 0. The van der Waals surface area contributed by atoms with E-state index in [0.29, 0.717) is 18.7 Å². The van der Waals surface area contributed by atoms with Crippen molar-refractivity contribution in [3.05, 3.63) is 35.4 Å². The summed E-state index contributed by atoms with van der Waals surface area (Å²) in [5.41, 5.74) is -0.416. The molecule has 2 amide bonds. The van der Waals surface area contributed by atoms with E-state index in [1.54, 1.807) is 4.90 Å². The van der Waals surface area contributed by atoms with Gasteiger partial charge in [0.25, 0.3) is 5.91 Å². The van der Waals surface area contributed by atoms with Crippen LogP contribution in [0.4, 0.5) is 13.2 Å². The van der Waals surface area contributed by atoms with E-state index in [9.17, 15) is 22.8 Å². The van der Waals surface area contributed by atoms with Crippen molar-refractivity contribution in [2.45, 2.75) is 32.0 Å². The van der Waals surface area contributed by atoms with E-state index in [4.69, 9.17) is 0 Å². The summed E-state index contributed by atoms with van der Waals surface area (Å²) in [6.07, 6.45) is -2.83. The summed E-state index contributed by atoms with van der Waals surface area (Å²) in [5.74, 6) is 4.48. The van der Waals surface area contributed by atoms with Crippen LogP contribution in [-0.4, -0.2) is 35.8 Å². The molecule has 4 nitrogen and oxygen atoms in total. The summed E-state index contributed by atoms with van der Waals surface area (Å²) in [4.78, 5) is 24.7. The van der Waals surface area contributed by atoms with Crippen LogP contribution in [0.3, 0.4) is 0 Å². The van der Waals surface area contributed by atoms with Crippen molar-refractivity contribution in [1.29, 1.82) is 0 Å². The van der Waals surface area contributed by atoms with Gasteiger partial charge in [-0.15, -0.1) is 0 Å². The molecule has 0 aromatic heterocycles. The number of nitrogens with one attached hydrogen (secondary N) is 1. The molecule has 1 aliphatic heterocycles. The molecule has 1 aromatic carbocycles. The first-order valence-electron chi connectivity index (χ1n) is 7.51. The van der Waals surface area contributed by atoms with Gasteiger partial charge in [-0.1, -0.05) is 5.92 Å². The molecule has 0 radical (unpaired) electrons. The number of rotatable bonds is 1. The van der Waals surface area contributed by atoms with Crippen LogP contribution < -0.4 is 5.32 Å². The quantitative estimate of drug-likeness (QED) is 0.798. The fraction of sp³-hybridized carbons (Fsp3) is 0.412. The molecule has 7 heteroatoms. The molecule has 24 heavy (non-hydrogen) atoms. The van der Waals surface area contributed by atoms with Gasteiger partial charge in [-0.25, -0.2) is 0 Å². The number of benzene rings is 1. The third-order valence-electron chi connectivity index (χ3n) is 3.64. The predicted octanol–water partition coefficient (Wildman–Crippen LogP) is 2.18. The molecule has 0 aliphatic carbocycles. The van der Waals surface area contributed by atoms with Crippen LogP contribution in [0.1, 0.15) is 30.9 Å². The van der Waals surface area contributed by atoms with Gasteiger partial charge in [0.05, 0.1) is 5.56 Å². The van der Waals surface area contributed by atoms with Crippen molar-refractivity contribution >= 4 is 11.8 Å². The molecule has 0 unspecified atom stereocenters. The summed E-state index contributed by atoms with van der Waals surface area (Å²) in [6.45, 7) is 2.36. The maximum Gasteiger partial charge on any atom is 0.416 e. The van der Waals surface area contributed by atoms with Gasteiger partial charge in [-0.05, 0) is 37.1 Å². The lowest BCUT2D eigenvalue weighted by Crippen LogP contribution is -2.48. The molecule has 128 valence electrons. The van der Waals surface area contributed by atoms with Crippen LogP contribution in [0.5, 0.6) is 0 Å². The average molecular weight is 338 g/mol. The van der Waals surface area contributed by atoms with Crippen LogP contribution in [0.15, 0.2) is 24.3 Å². The number of piperidine rings is 1. The van der Waals surface area contributed by atoms with Crippen molar-refractivity contribution in [2.75, 3.05) is 13.1 Å². The lowest BCUT2D eigenvalue weighted by Gasteiger charge is -2.31. The Kier molecular flexibility index (Phi) is 5.50. The van der Waals surface area contributed by atoms with Gasteiger partial charge in [0.15, 0.2) is 0 Å². The maximum atomic E-state index is 12.5. The van der Waals surface area contributed by atoms with Crippen LogP contribution in [0, 0.1) is 11.8 Å². The molecule has 0 bridgehead atoms. The molecule has 1 N–H and O–H groups in total. The van der Waals surface area contributed by atoms with Gasteiger partial charge >= 0.3 is 6.18 Å². The zero-order valence-electron chi connectivity index (χ0n) is 13.1. The smallest absolute Gasteiger partial charge is 0.352 e. The molecule has 1 atom stereocenters. The number of hydrogen-bond donors (Lipinski definition) is 1. The average Bonchev–Trinajstić information content (AvgIpc) is 2.52. The molecule has 1 aromatic rings. The van der Waals surface area contributed by atoms with Crippen molar-refractivity contribution in [3.8, 4) is 11.8 Å². The van der Waals surface area contributed by atoms with E-state index in [1.807, 2.05) is 0 Å². The first-order chi connectivity index (χ1) is 11.3. The number of nitrogens with zero attached hydrogens (tertiary/aromatic N) is 1. The number of carbonyl (C=O) groups is 2. The number of hydrogen-bond acceptors (Lipinski definition) is 2. The van der Waals surface area contributed by atoms with Crippen LogP contribution in [0.25, 0.3) is 0 Å². The highest BCUT2D eigenvalue weighted by atomic mass is 19.4. The van der Waals surface area contributed by atoms with Crippen LogP contribution in [-0.2, 0) is 15.8 Å². The molecule has 1 fully saturated rings. The highest BCUT2D eigenvalue weighted by Crippen LogP contribution is 2.28. The van der Waals surface area contributed by atoms with Crippen LogP contribution in [0.2, 0.25) is 0 Å².